The molecular formula is C13H15N3. The highest BCUT2D eigenvalue weighted by Gasteiger charge is 2.17. The van der Waals surface area contributed by atoms with E-state index in [4.69, 9.17) is 5.26 Å². The minimum atomic E-state index is -0.261. The summed E-state index contributed by atoms with van der Waals surface area (Å²) in [4.78, 5) is 2.07. The van der Waals surface area contributed by atoms with Crippen molar-refractivity contribution in [2.75, 3.05) is 13.1 Å². The molecule has 1 unspecified atom stereocenters. The summed E-state index contributed by atoms with van der Waals surface area (Å²) in [7, 11) is 0. The van der Waals surface area contributed by atoms with Crippen molar-refractivity contribution in [3.63, 3.8) is 0 Å². The Morgan fingerprint density at radius 2 is 1.94 bits per heavy atom. The van der Waals surface area contributed by atoms with Crippen LogP contribution in [-0.2, 0) is 0 Å². The monoisotopic (exact) mass is 213 g/mol. The summed E-state index contributed by atoms with van der Waals surface area (Å²) in [6.07, 6.45) is 0. The van der Waals surface area contributed by atoms with Crippen molar-refractivity contribution in [3.05, 3.63) is 35.4 Å². The molecule has 0 radical (unpaired) electrons. The molecule has 0 aliphatic carbocycles. The highest BCUT2D eigenvalue weighted by Crippen LogP contribution is 2.20. The molecule has 3 nitrogen and oxygen atoms in total. The summed E-state index contributed by atoms with van der Waals surface area (Å²) in [6.45, 7) is 5.71. The zero-order chi connectivity index (χ0) is 12.0. The Bertz CT molecular complexity index is 422. The summed E-state index contributed by atoms with van der Waals surface area (Å²) in [5, 5.41) is 18.0. The van der Waals surface area contributed by atoms with Crippen LogP contribution in [0.4, 0.5) is 0 Å². The molecule has 0 aliphatic rings. The second kappa shape index (κ2) is 5.90. The third-order valence-electron chi connectivity index (χ3n) is 2.63. The minimum Gasteiger partial charge on any atom is -0.285 e. The molecular weight excluding hydrogens is 198 g/mol. The largest absolute Gasteiger partial charge is 0.285 e. The van der Waals surface area contributed by atoms with Crippen LogP contribution >= 0.6 is 0 Å². The van der Waals surface area contributed by atoms with Crippen molar-refractivity contribution in [1.82, 2.24) is 4.90 Å². The fourth-order valence-corrected chi connectivity index (χ4v) is 1.73. The Hall–Kier alpha value is -1.84. The van der Waals surface area contributed by atoms with Gasteiger partial charge in [0.2, 0.25) is 0 Å². The van der Waals surface area contributed by atoms with E-state index in [9.17, 15) is 5.26 Å². The number of rotatable bonds is 4. The molecule has 0 fully saturated rings. The van der Waals surface area contributed by atoms with Crippen LogP contribution in [0.3, 0.4) is 0 Å². The lowest BCUT2D eigenvalue weighted by Crippen LogP contribution is -2.27. The fourth-order valence-electron chi connectivity index (χ4n) is 1.73. The van der Waals surface area contributed by atoms with Gasteiger partial charge in [0.25, 0.3) is 0 Å². The quantitative estimate of drug-likeness (QED) is 0.772. The van der Waals surface area contributed by atoms with Gasteiger partial charge in [-0.25, -0.2) is 0 Å². The maximum atomic E-state index is 9.20. The third kappa shape index (κ3) is 2.59. The van der Waals surface area contributed by atoms with Gasteiger partial charge in [-0.1, -0.05) is 26.0 Å². The van der Waals surface area contributed by atoms with Gasteiger partial charge in [0.15, 0.2) is 0 Å². The van der Waals surface area contributed by atoms with E-state index in [1.165, 1.54) is 0 Å². The molecule has 0 amide bonds. The van der Waals surface area contributed by atoms with Crippen molar-refractivity contribution in [3.8, 4) is 12.1 Å². The third-order valence-corrected chi connectivity index (χ3v) is 2.63. The van der Waals surface area contributed by atoms with Crippen LogP contribution in [0.2, 0.25) is 0 Å². The highest BCUT2D eigenvalue weighted by atomic mass is 15.1. The fraction of sp³-hybridized carbons (Fsp3) is 0.385. The van der Waals surface area contributed by atoms with Crippen molar-refractivity contribution in [1.29, 1.82) is 10.5 Å². The maximum Gasteiger partial charge on any atom is 0.123 e. The summed E-state index contributed by atoms with van der Waals surface area (Å²) in [5.74, 6) is 0. The van der Waals surface area contributed by atoms with Crippen LogP contribution in [0.5, 0.6) is 0 Å². The van der Waals surface area contributed by atoms with E-state index in [0.29, 0.717) is 5.56 Å². The standard InChI is InChI=1S/C13H15N3/c1-3-16(4-2)13(10-15)12-7-5-6-11(8-12)9-14/h5-8,13H,3-4H2,1-2H3. The molecule has 1 atom stereocenters. The SMILES string of the molecule is CCN(CC)C(C#N)c1cccc(C#N)c1. The first kappa shape index (κ1) is 12.2. The first-order valence-electron chi connectivity index (χ1n) is 5.40. The molecule has 0 aromatic heterocycles. The Kier molecular flexibility index (Phi) is 4.51. The number of hydrogen-bond donors (Lipinski definition) is 0. The molecule has 82 valence electrons. The van der Waals surface area contributed by atoms with E-state index >= 15 is 0 Å². The van der Waals surface area contributed by atoms with Gasteiger partial charge in [0.1, 0.15) is 6.04 Å². The van der Waals surface area contributed by atoms with Gasteiger partial charge in [0, 0.05) is 0 Å². The molecule has 1 aromatic rings. The average Bonchev–Trinajstić information content (AvgIpc) is 2.35. The number of benzene rings is 1. The van der Waals surface area contributed by atoms with E-state index in [0.717, 1.165) is 18.7 Å². The maximum absolute atomic E-state index is 9.20. The van der Waals surface area contributed by atoms with Gasteiger partial charge >= 0.3 is 0 Å². The second-order valence-corrected chi connectivity index (χ2v) is 3.49. The molecule has 0 bridgehead atoms. The molecule has 0 saturated carbocycles. The van der Waals surface area contributed by atoms with Crippen molar-refractivity contribution < 1.29 is 0 Å². The van der Waals surface area contributed by atoms with Crippen LogP contribution in [0, 0.1) is 22.7 Å². The average molecular weight is 213 g/mol. The molecule has 3 heteroatoms. The first-order valence-corrected chi connectivity index (χ1v) is 5.40. The predicted octanol–water partition coefficient (Wildman–Crippen LogP) is 2.46. The first-order chi connectivity index (χ1) is 7.76. The number of nitriles is 2. The van der Waals surface area contributed by atoms with Crippen molar-refractivity contribution >= 4 is 0 Å². The normalized spacial score (nSPS) is 11.8. The Morgan fingerprint density at radius 1 is 1.25 bits per heavy atom. The Balaban J connectivity index is 3.05. The smallest absolute Gasteiger partial charge is 0.123 e. The molecule has 0 heterocycles. The lowest BCUT2D eigenvalue weighted by Gasteiger charge is -2.24. The second-order valence-electron chi connectivity index (χ2n) is 3.49. The summed E-state index contributed by atoms with van der Waals surface area (Å²) >= 11 is 0. The van der Waals surface area contributed by atoms with Gasteiger partial charge in [-0.3, -0.25) is 4.90 Å². The van der Waals surface area contributed by atoms with Crippen LogP contribution in [0.15, 0.2) is 24.3 Å². The van der Waals surface area contributed by atoms with Gasteiger partial charge in [0.05, 0.1) is 17.7 Å². The predicted molar refractivity (Wildman–Crippen MR) is 62.4 cm³/mol. The minimum absolute atomic E-state index is 0.261. The summed E-state index contributed by atoms with van der Waals surface area (Å²) in [5.41, 5.74) is 1.50. The zero-order valence-corrected chi connectivity index (χ0v) is 9.64. The van der Waals surface area contributed by atoms with Crippen LogP contribution in [-0.4, -0.2) is 18.0 Å². The topological polar surface area (TPSA) is 50.8 Å². The lowest BCUT2D eigenvalue weighted by atomic mass is 10.0. The molecule has 16 heavy (non-hydrogen) atoms. The van der Waals surface area contributed by atoms with Crippen molar-refractivity contribution in [2.24, 2.45) is 0 Å². The number of nitrogens with zero attached hydrogens (tertiary/aromatic N) is 3. The van der Waals surface area contributed by atoms with E-state index in [1.807, 2.05) is 26.0 Å². The Labute approximate surface area is 96.5 Å². The van der Waals surface area contributed by atoms with Gasteiger partial charge < -0.3 is 0 Å². The van der Waals surface area contributed by atoms with E-state index in [2.05, 4.69) is 17.0 Å². The summed E-state index contributed by atoms with van der Waals surface area (Å²) < 4.78 is 0. The molecule has 1 aromatic carbocycles. The number of hydrogen-bond acceptors (Lipinski definition) is 3. The van der Waals surface area contributed by atoms with Gasteiger partial charge in [-0.2, -0.15) is 10.5 Å². The molecule has 0 saturated heterocycles. The summed E-state index contributed by atoms with van der Waals surface area (Å²) in [6, 6.07) is 11.4. The molecule has 0 spiro atoms. The zero-order valence-electron chi connectivity index (χ0n) is 9.64. The van der Waals surface area contributed by atoms with Crippen molar-refractivity contribution in [2.45, 2.75) is 19.9 Å². The van der Waals surface area contributed by atoms with Crippen LogP contribution < -0.4 is 0 Å². The molecule has 1 rings (SSSR count). The highest BCUT2D eigenvalue weighted by molar-refractivity contribution is 5.36. The lowest BCUT2D eigenvalue weighted by molar-refractivity contribution is 0.262. The van der Waals surface area contributed by atoms with Crippen LogP contribution in [0.1, 0.15) is 31.0 Å². The van der Waals surface area contributed by atoms with E-state index in [-0.39, 0.29) is 6.04 Å². The van der Waals surface area contributed by atoms with E-state index in [1.54, 1.807) is 12.1 Å². The van der Waals surface area contributed by atoms with Gasteiger partial charge in [-0.15, -0.1) is 0 Å². The van der Waals surface area contributed by atoms with Crippen LogP contribution in [0.25, 0.3) is 0 Å². The Morgan fingerprint density at radius 3 is 2.44 bits per heavy atom. The van der Waals surface area contributed by atoms with Gasteiger partial charge in [-0.05, 0) is 30.8 Å². The van der Waals surface area contributed by atoms with E-state index < -0.39 is 0 Å². The molecule has 0 N–H and O–H groups in total. The molecule has 0 aliphatic heterocycles.